The van der Waals surface area contributed by atoms with E-state index in [1.807, 2.05) is 0 Å². The first-order chi connectivity index (χ1) is 8.74. The molecule has 1 aliphatic carbocycles. The lowest BCUT2D eigenvalue weighted by Gasteiger charge is -2.16. The summed E-state index contributed by atoms with van der Waals surface area (Å²) in [6, 6.07) is 3.36. The lowest BCUT2D eigenvalue weighted by molar-refractivity contribution is 0.0919. The van der Waals surface area contributed by atoms with Crippen molar-refractivity contribution in [3.8, 4) is 5.75 Å². The number of hydrogen-bond donors (Lipinski definition) is 2. The summed E-state index contributed by atoms with van der Waals surface area (Å²) in [5.41, 5.74) is 0.345. The zero-order valence-corrected chi connectivity index (χ0v) is 10.4. The largest absolute Gasteiger partial charge is 0.497 e. The Morgan fingerprint density at radius 1 is 1.67 bits per heavy atom. The first kappa shape index (κ1) is 12.8. The number of amides is 1. The van der Waals surface area contributed by atoms with Crippen LogP contribution in [0.4, 0.5) is 0 Å². The molecule has 2 rings (SSSR count). The Balaban J connectivity index is 2.00. The van der Waals surface area contributed by atoms with Crippen LogP contribution in [0.5, 0.6) is 5.75 Å². The van der Waals surface area contributed by atoms with E-state index in [9.17, 15) is 4.79 Å². The Kier molecular flexibility index (Phi) is 4.15. The van der Waals surface area contributed by atoms with Gasteiger partial charge in [0.05, 0.1) is 7.11 Å². The molecule has 98 valence electrons. The van der Waals surface area contributed by atoms with Gasteiger partial charge in [-0.1, -0.05) is 0 Å². The van der Waals surface area contributed by atoms with Crippen LogP contribution in [0.2, 0.25) is 0 Å². The normalized spacial score (nSPS) is 16.1. The lowest BCUT2D eigenvalue weighted by Crippen LogP contribution is -2.37. The number of carbonyl (C=O) groups is 1. The van der Waals surface area contributed by atoms with Crippen LogP contribution in [0, 0.1) is 5.92 Å². The molecular weight excluding hydrogens is 232 g/mol. The van der Waals surface area contributed by atoms with Gasteiger partial charge in [0.15, 0.2) is 0 Å². The highest BCUT2D eigenvalue weighted by Crippen LogP contribution is 2.34. The average Bonchev–Trinajstić information content (AvgIpc) is 3.22. The number of nitrogens with one attached hydrogen (secondary N) is 1. The molecule has 1 atom stereocenters. The third-order valence-corrected chi connectivity index (χ3v) is 3.15. The molecule has 5 heteroatoms. The van der Waals surface area contributed by atoms with Crippen LogP contribution >= 0.6 is 0 Å². The van der Waals surface area contributed by atoms with Gasteiger partial charge < -0.3 is 15.2 Å². The van der Waals surface area contributed by atoms with Crippen LogP contribution in [-0.4, -0.2) is 35.8 Å². The van der Waals surface area contributed by atoms with Crippen LogP contribution < -0.4 is 10.1 Å². The summed E-state index contributed by atoms with van der Waals surface area (Å²) >= 11 is 0. The van der Waals surface area contributed by atoms with Crippen molar-refractivity contribution in [1.29, 1.82) is 0 Å². The highest BCUT2D eigenvalue weighted by molar-refractivity contribution is 5.92. The van der Waals surface area contributed by atoms with Gasteiger partial charge in [-0.25, -0.2) is 0 Å². The number of aromatic nitrogens is 1. The zero-order chi connectivity index (χ0) is 13.0. The van der Waals surface area contributed by atoms with Crippen LogP contribution in [0.25, 0.3) is 0 Å². The molecule has 0 spiro atoms. The first-order valence-electron chi connectivity index (χ1n) is 6.16. The number of carbonyl (C=O) groups excluding carboxylic acids is 1. The Bertz CT molecular complexity index is 418. The highest BCUT2D eigenvalue weighted by Gasteiger charge is 2.32. The number of aliphatic hydroxyl groups is 1. The van der Waals surface area contributed by atoms with E-state index in [4.69, 9.17) is 9.84 Å². The maximum atomic E-state index is 12.0. The monoisotopic (exact) mass is 250 g/mol. The molecule has 1 heterocycles. The van der Waals surface area contributed by atoms with Crippen LogP contribution in [-0.2, 0) is 0 Å². The second-order valence-electron chi connectivity index (χ2n) is 4.51. The first-order valence-corrected chi connectivity index (χ1v) is 6.16. The number of nitrogens with zero attached hydrogens (tertiary/aromatic N) is 1. The van der Waals surface area contributed by atoms with Crippen LogP contribution in [0.15, 0.2) is 18.3 Å². The van der Waals surface area contributed by atoms with E-state index in [2.05, 4.69) is 10.3 Å². The van der Waals surface area contributed by atoms with Crippen LogP contribution in [0.1, 0.15) is 29.8 Å². The predicted octanol–water partition coefficient (Wildman–Crippen LogP) is 0.981. The highest BCUT2D eigenvalue weighted by atomic mass is 16.5. The van der Waals surface area contributed by atoms with Gasteiger partial charge in [0.1, 0.15) is 11.4 Å². The van der Waals surface area contributed by atoms with Gasteiger partial charge in [0.25, 0.3) is 5.91 Å². The van der Waals surface area contributed by atoms with Crippen LogP contribution in [0.3, 0.4) is 0 Å². The second-order valence-corrected chi connectivity index (χ2v) is 4.51. The van der Waals surface area contributed by atoms with Crippen molar-refractivity contribution in [3.05, 3.63) is 24.0 Å². The molecule has 1 aromatic heterocycles. The molecule has 0 aromatic carbocycles. The van der Waals surface area contributed by atoms with E-state index in [1.165, 1.54) is 0 Å². The minimum Gasteiger partial charge on any atom is -0.497 e. The summed E-state index contributed by atoms with van der Waals surface area (Å²) < 4.78 is 5.06. The van der Waals surface area contributed by atoms with Crippen molar-refractivity contribution >= 4 is 5.91 Å². The lowest BCUT2D eigenvalue weighted by atomic mass is 10.1. The molecular formula is C13H18N2O3. The maximum Gasteiger partial charge on any atom is 0.270 e. The molecule has 1 fully saturated rings. The summed E-state index contributed by atoms with van der Waals surface area (Å²) in [6.07, 6.45) is 4.39. The molecule has 2 N–H and O–H groups in total. The molecule has 1 unspecified atom stereocenters. The van der Waals surface area contributed by atoms with E-state index >= 15 is 0 Å². The molecule has 1 saturated carbocycles. The number of ether oxygens (including phenoxy) is 1. The third-order valence-electron chi connectivity index (χ3n) is 3.15. The number of pyridine rings is 1. The smallest absolute Gasteiger partial charge is 0.270 e. The van der Waals surface area contributed by atoms with Gasteiger partial charge in [-0.3, -0.25) is 9.78 Å². The Morgan fingerprint density at radius 3 is 3.06 bits per heavy atom. The molecule has 1 aromatic rings. The fourth-order valence-corrected chi connectivity index (χ4v) is 1.97. The standard InChI is InChI=1S/C13H18N2O3/c1-18-10-4-6-14-12(8-10)13(17)15-11(5-7-16)9-2-3-9/h4,6,8-9,11,16H,2-3,5,7H2,1H3,(H,15,17). The summed E-state index contributed by atoms with van der Waals surface area (Å²) in [5.74, 6) is 0.909. The van der Waals surface area contributed by atoms with Crippen molar-refractivity contribution < 1.29 is 14.6 Å². The Hall–Kier alpha value is -1.62. The molecule has 1 amide bonds. The predicted molar refractivity (Wildman–Crippen MR) is 66.5 cm³/mol. The van der Waals surface area contributed by atoms with E-state index < -0.39 is 0 Å². The van der Waals surface area contributed by atoms with Crippen molar-refractivity contribution in [1.82, 2.24) is 10.3 Å². The maximum absolute atomic E-state index is 12.0. The van der Waals surface area contributed by atoms with E-state index in [-0.39, 0.29) is 18.6 Å². The quantitative estimate of drug-likeness (QED) is 0.789. The van der Waals surface area contributed by atoms with Gasteiger partial charge in [-0.15, -0.1) is 0 Å². The van der Waals surface area contributed by atoms with Crippen molar-refractivity contribution in [2.45, 2.75) is 25.3 Å². The van der Waals surface area contributed by atoms with Gasteiger partial charge >= 0.3 is 0 Å². The molecule has 18 heavy (non-hydrogen) atoms. The molecule has 1 aliphatic rings. The number of rotatable bonds is 6. The third kappa shape index (κ3) is 3.20. The summed E-state index contributed by atoms with van der Waals surface area (Å²) in [7, 11) is 1.55. The molecule has 5 nitrogen and oxygen atoms in total. The fraction of sp³-hybridized carbons (Fsp3) is 0.538. The Labute approximate surface area is 106 Å². The molecule has 0 aliphatic heterocycles. The van der Waals surface area contributed by atoms with Gasteiger partial charge in [0.2, 0.25) is 0 Å². The van der Waals surface area contributed by atoms with E-state index in [0.717, 1.165) is 12.8 Å². The molecule has 0 bridgehead atoms. The number of methoxy groups -OCH3 is 1. The van der Waals surface area contributed by atoms with E-state index in [1.54, 1.807) is 25.4 Å². The fourth-order valence-electron chi connectivity index (χ4n) is 1.97. The topological polar surface area (TPSA) is 71.5 Å². The summed E-state index contributed by atoms with van der Waals surface area (Å²) in [5, 5.41) is 11.9. The summed E-state index contributed by atoms with van der Waals surface area (Å²) in [6.45, 7) is 0.0903. The van der Waals surface area contributed by atoms with Gasteiger partial charge in [0, 0.05) is 24.9 Å². The zero-order valence-electron chi connectivity index (χ0n) is 10.4. The minimum absolute atomic E-state index is 0.0514. The number of hydrogen-bond acceptors (Lipinski definition) is 4. The SMILES string of the molecule is COc1ccnc(C(=O)NC(CCO)C2CC2)c1. The average molecular weight is 250 g/mol. The molecule has 0 radical (unpaired) electrons. The van der Waals surface area contributed by atoms with Gasteiger partial charge in [-0.2, -0.15) is 0 Å². The van der Waals surface area contributed by atoms with Crippen molar-refractivity contribution in [2.24, 2.45) is 5.92 Å². The van der Waals surface area contributed by atoms with E-state index in [0.29, 0.717) is 23.8 Å². The summed E-state index contributed by atoms with van der Waals surface area (Å²) in [4.78, 5) is 16.0. The second kappa shape index (κ2) is 5.82. The Morgan fingerprint density at radius 2 is 2.44 bits per heavy atom. The number of aliphatic hydroxyl groups excluding tert-OH is 1. The minimum atomic E-state index is -0.209. The van der Waals surface area contributed by atoms with Gasteiger partial charge in [-0.05, 0) is 31.2 Å². The van der Waals surface area contributed by atoms with Crippen molar-refractivity contribution in [3.63, 3.8) is 0 Å². The molecule has 0 saturated heterocycles. The van der Waals surface area contributed by atoms with Crippen molar-refractivity contribution in [2.75, 3.05) is 13.7 Å².